The molecular formula is C13H14N6O. The molecule has 0 radical (unpaired) electrons. The number of hydrogen-bond donors (Lipinski definition) is 2. The smallest absolute Gasteiger partial charge is 0.226 e. The Morgan fingerprint density at radius 2 is 2.05 bits per heavy atom. The van der Waals surface area contributed by atoms with E-state index in [1.807, 2.05) is 24.3 Å². The SMILES string of the molecule is CNc1nc(-c2ccccc2OC)cn2c(N)nnc12. The number of benzene rings is 1. The van der Waals surface area contributed by atoms with Gasteiger partial charge >= 0.3 is 0 Å². The Morgan fingerprint density at radius 3 is 2.80 bits per heavy atom. The maximum absolute atomic E-state index is 5.82. The predicted molar refractivity (Wildman–Crippen MR) is 76.7 cm³/mol. The van der Waals surface area contributed by atoms with Gasteiger partial charge in [0.1, 0.15) is 5.75 Å². The van der Waals surface area contributed by atoms with Crippen molar-refractivity contribution in [1.82, 2.24) is 19.6 Å². The molecule has 0 saturated heterocycles. The van der Waals surface area contributed by atoms with Crippen molar-refractivity contribution in [3.63, 3.8) is 0 Å². The summed E-state index contributed by atoms with van der Waals surface area (Å²) in [5, 5.41) is 10.9. The molecule has 0 unspecified atom stereocenters. The molecule has 0 saturated carbocycles. The number of nitrogens with one attached hydrogen (secondary N) is 1. The van der Waals surface area contributed by atoms with Gasteiger partial charge in [-0.3, -0.25) is 4.40 Å². The topological polar surface area (TPSA) is 90.4 Å². The number of hydrogen-bond acceptors (Lipinski definition) is 6. The third kappa shape index (κ3) is 1.80. The van der Waals surface area contributed by atoms with Crippen LogP contribution in [0.3, 0.4) is 0 Å². The summed E-state index contributed by atoms with van der Waals surface area (Å²) in [6.07, 6.45) is 1.80. The average molecular weight is 270 g/mol. The number of ether oxygens (including phenoxy) is 1. The fraction of sp³-hybridized carbons (Fsp3) is 0.154. The fourth-order valence-corrected chi connectivity index (χ4v) is 2.07. The molecule has 2 heterocycles. The van der Waals surface area contributed by atoms with Crippen LogP contribution in [0.25, 0.3) is 16.9 Å². The number of nitrogen functional groups attached to an aromatic ring is 1. The third-order valence-corrected chi connectivity index (χ3v) is 3.04. The van der Waals surface area contributed by atoms with Crippen LogP contribution in [0.5, 0.6) is 5.75 Å². The molecule has 0 aliphatic carbocycles. The summed E-state index contributed by atoms with van der Waals surface area (Å²) < 4.78 is 7.06. The molecule has 0 fully saturated rings. The Balaban J connectivity index is 2.28. The lowest BCUT2D eigenvalue weighted by Gasteiger charge is -2.10. The van der Waals surface area contributed by atoms with E-state index in [0.717, 1.165) is 17.0 Å². The number of methoxy groups -OCH3 is 1. The molecular weight excluding hydrogens is 256 g/mol. The molecule has 3 rings (SSSR count). The lowest BCUT2D eigenvalue weighted by molar-refractivity contribution is 0.416. The fourth-order valence-electron chi connectivity index (χ4n) is 2.07. The minimum Gasteiger partial charge on any atom is -0.496 e. The minimum atomic E-state index is 0.315. The van der Waals surface area contributed by atoms with Crippen LogP contribution in [0.1, 0.15) is 0 Å². The van der Waals surface area contributed by atoms with Crippen LogP contribution in [0.15, 0.2) is 30.5 Å². The lowest BCUT2D eigenvalue weighted by atomic mass is 10.1. The van der Waals surface area contributed by atoms with E-state index in [9.17, 15) is 0 Å². The van der Waals surface area contributed by atoms with E-state index in [1.54, 1.807) is 24.8 Å². The Bertz CT molecular complexity index is 767. The molecule has 2 aromatic heterocycles. The van der Waals surface area contributed by atoms with Crippen molar-refractivity contribution in [1.29, 1.82) is 0 Å². The molecule has 0 amide bonds. The van der Waals surface area contributed by atoms with E-state index in [2.05, 4.69) is 20.5 Å². The molecule has 3 N–H and O–H groups in total. The van der Waals surface area contributed by atoms with Crippen molar-refractivity contribution in [2.45, 2.75) is 0 Å². The van der Waals surface area contributed by atoms with Crippen LogP contribution in [0.2, 0.25) is 0 Å². The Kier molecular flexibility index (Phi) is 2.86. The van der Waals surface area contributed by atoms with Crippen molar-refractivity contribution in [2.24, 2.45) is 0 Å². The lowest BCUT2D eigenvalue weighted by Crippen LogP contribution is -2.02. The average Bonchev–Trinajstić information content (AvgIpc) is 2.88. The molecule has 0 bridgehead atoms. The van der Waals surface area contributed by atoms with Crippen LogP contribution in [0, 0.1) is 0 Å². The van der Waals surface area contributed by atoms with Crippen LogP contribution >= 0.6 is 0 Å². The second-order valence-corrected chi connectivity index (χ2v) is 4.18. The summed E-state index contributed by atoms with van der Waals surface area (Å²) >= 11 is 0. The molecule has 0 aliphatic rings. The van der Waals surface area contributed by atoms with Gasteiger partial charge in [-0.25, -0.2) is 4.98 Å². The maximum atomic E-state index is 5.82. The highest BCUT2D eigenvalue weighted by molar-refractivity contribution is 5.73. The van der Waals surface area contributed by atoms with Gasteiger partial charge in [-0.1, -0.05) is 12.1 Å². The van der Waals surface area contributed by atoms with Gasteiger partial charge in [-0.05, 0) is 12.1 Å². The molecule has 7 heteroatoms. The Hall–Kier alpha value is -2.83. The predicted octanol–water partition coefficient (Wildman–Crippen LogP) is 1.42. The number of aromatic nitrogens is 4. The van der Waals surface area contributed by atoms with E-state index in [-0.39, 0.29) is 0 Å². The van der Waals surface area contributed by atoms with Crippen molar-refractivity contribution in [2.75, 3.05) is 25.2 Å². The van der Waals surface area contributed by atoms with E-state index < -0.39 is 0 Å². The molecule has 0 atom stereocenters. The monoisotopic (exact) mass is 270 g/mol. The number of para-hydroxylation sites is 1. The normalized spacial score (nSPS) is 10.7. The number of anilines is 2. The van der Waals surface area contributed by atoms with Gasteiger partial charge in [-0.15, -0.1) is 10.2 Å². The van der Waals surface area contributed by atoms with Gasteiger partial charge in [0, 0.05) is 18.8 Å². The van der Waals surface area contributed by atoms with Gasteiger partial charge < -0.3 is 15.8 Å². The highest BCUT2D eigenvalue weighted by Crippen LogP contribution is 2.30. The first-order chi connectivity index (χ1) is 9.74. The zero-order valence-corrected chi connectivity index (χ0v) is 11.2. The van der Waals surface area contributed by atoms with Crippen molar-refractivity contribution < 1.29 is 4.74 Å². The maximum Gasteiger partial charge on any atom is 0.226 e. The number of fused-ring (bicyclic) bond motifs is 1. The largest absolute Gasteiger partial charge is 0.496 e. The first kappa shape index (κ1) is 12.2. The molecule has 102 valence electrons. The second-order valence-electron chi connectivity index (χ2n) is 4.18. The first-order valence-corrected chi connectivity index (χ1v) is 6.07. The van der Waals surface area contributed by atoms with Crippen LogP contribution < -0.4 is 15.8 Å². The number of nitrogens with zero attached hydrogens (tertiary/aromatic N) is 4. The summed E-state index contributed by atoms with van der Waals surface area (Å²) in [4.78, 5) is 4.54. The summed E-state index contributed by atoms with van der Waals surface area (Å²) in [7, 11) is 3.41. The van der Waals surface area contributed by atoms with E-state index in [4.69, 9.17) is 10.5 Å². The molecule has 3 aromatic rings. The van der Waals surface area contributed by atoms with Crippen LogP contribution in [-0.2, 0) is 0 Å². The summed E-state index contributed by atoms with van der Waals surface area (Å²) in [5.74, 6) is 1.67. The van der Waals surface area contributed by atoms with Gasteiger partial charge in [-0.2, -0.15) is 0 Å². The quantitative estimate of drug-likeness (QED) is 0.748. The molecule has 20 heavy (non-hydrogen) atoms. The molecule has 7 nitrogen and oxygen atoms in total. The van der Waals surface area contributed by atoms with Crippen molar-refractivity contribution in [3.8, 4) is 17.0 Å². The number of rotatable bonds is 3. The standard InChI is InChI=1S/C13H14N6O/c1-15-11-12-17-18-13(14)19(12)7-9(16-11)8-5-3-4-6-10(8)20-2/h3-7H,1-2H3,(H2,14,18)(H,15,16). The van der Waals surface area contributed by atoms with Gasteiger partial charge in [0.05, 0.1) is 12.8 Å². The summed E-state index contributed by atoms with van der Waals surface area (Å²) in [6.45, 7) is 0. The summed E-state index contributed by atoms with van der Waals surface area (Å²) in [6, 6.07) is 7.66. The minimum absolute atomic E-state index is 0.315. The number of nitrogens with two attached hydrogens (primary N) is 1. The highest BCUT2D eigenvalue weighted by atomic mass is 16.5. The Morgan fingerprint density at radius 1 is 1.25 bits per heavy atom. The van der Waals surface area contributed by atoms with Gasteiger partial charge in [0.15, 0.2) is 5.82 Å². The Labute approximate surface area is 115 Å². The van der Waals surface area contributed by atoms with Gasteiger partial charge in [0.25, 0.3) is 0 Å². The van der Waals surface area contributed by atoms with E-state index in [1.165, 1.54) is 0 Å². The highest BCUT2D eigenvalue weighted by Gasteiger charge is 2.13. The molecule has 0 spiro atoms. The first-order valence-electron chi connectivity index (χ1n) is 6.07. The third-order valence-electron chi connectivity index (χ3n) is 3.04. The molecule has 1 aromatic carbocycles. The zero-order valence-electron chi connectivity index (χ0n) is 11.2. The van der Waals surface area contributed by atoms with Gasteiger partial charge in [0.2, 0.25) is 11.6 Å². The van der Waals surface area contributed by atoms with E-state index in [0.29, 0.717) is 17.4 Å². The molecule has 0 aliphatic heterocycles. The van der Waals surface area contributed by atoms with Crippen LogP contribution in [0.4, 0.5) is 11.8 Å². The zero-order chi connectivity index (χ0) is 14.1. The second kappa shape index (κ2) is 4.69. The van der Waals surface area contributed by atoms with Crippen LogP contribution in [-0.4, -0.2) is 33.7 Å². The van der Waals surface area contributed by atoms with E-state index >= 15 is 0 Å². The summed E-state index contributed by atoms with van der Waals surface area (Å²) in [5.41, 5.74) is 8.01. The van der Waals surface area contributed by atoms with Crippen molar-refractivity contribution >= 4 is 17.4 Å². The van der Waals surface area contributed by atoms with Crippen molar-refractivity contribution in [3.05, 3.63) is 30.5 Å².